The molecule has 5 radical (unpaired) electrons. The van der Waals surface area contributed by atoms with Crippen LogP contribution in [0.25, 0.3) is 44.6 Å². The molecule has 0 amide bonds. The number of nitrogens with zero attached hydrogens (tertiary/aromatic N) is 12. The minimum Gasteiger partial charge on any atom is -0.557 e. The Kier molecular flexibility index (Phi) is 41.0. The summed E-state index contributed by atoms with van der Waals surface area (Å²) in [5.74, 6) is 2.23. The van der Waals surface area contributed by atoms with Crippen LogP contribution in [0.1, 0.15) is 79.6 Å². The third-order valence-electron chi connectivity index (χ3n) is 19.5. The van der Waals surface area contributed by atoms with Crippen LogP contribution in [0, 0.1) is 29.5 Å². The molecule has 0 saturated carbocycles. The van der Waals surface area contributed by atoms with E-state index in [1.54, 1.807) is 24.8 Å². The summed E-state index contributed by atoms with van der Waals surface area (Å²) >= 11 is 0. The van der Waals surface area contributed by atoms with Crippen molar-refractivity contribution in [2.45, 2.75) is 97.4 Å². The molecule has 10 aromatic rings. The van der Waals surface area contributed by atoms with E-state index in [1.807, 2.05) is 132 Å². The first-order valence-electron chi connectivity index (χ1n) is 37.2. The zero-order valence-corrected chi connectivity index (χ0v) is 85.6. The third-order valence-corrected chi connectivity index (χ3v) is 33.1. The largest absolute Gasteiger partial charge is 0.557 e. The maximum absolute atomic E-state index is 4.98. The number of anilines is 2. The standard InChI is InChI=1S/C19H27N2P.C18H24N2P.C17H20N3P.C14H16NP.C12H18N3P.C11H8N.5Ir/c1-14(2)22(15(3)4,16(5)6)18-9-7-8-17(12-18)19-13-20-10-11-21-19;1-18(2)14-8-6-7-9-15(14)20-17(18)16-12-13(10-11-19-16)21(3,4)5;1-21(2,3)15-9-7-14(8-10-15)16-11-13-20(19-16)17-6-4-5-12-18-17;1-16(2,3)13-8-6-7-12(11-13)14-9-4-5-10-15-14;1-10-6-8-15(14-10)12-9-11(5-7-13-12)16(2,3)4;1-2-6-10(7-3-1)11-8-4-5-9-12-11;;;;;/h7,9-16H,1-6H3;6-12,14-15H,1-5H3;4-13,16H,1-3H3;4-6,8-11H,1-3H3;5-10H,1-4H3;1-6,8-9H;;;;;/q;+1;;;;-1;;;;;. The van der Waals surface area contributed by atoms with E-state index in [1.165, 1.54) is 32.1 Å². The summed E-state index contributed by atoms with van der Waals surface area (Å²) in [4.78, 5) is 35.5. The van der Waals surface area contributed by atoms with E-state index in [0.29, 0.717) is 22.9 Å². The van der Waals surface area contributed by atoms with Crippen molar-refractivity contribution in [1.82, 2.24) is 34.9 Å². The Balaban J connectivity index is 0.000000286. The van der Waals surface area contributed by atoms with Gasteiger partial charge in [0.05, 0.1) is 130 Å². The van der Waals surface area contributed by atoms with Gasteiger partial charge >= 0.3 is 0 Å². The van der Waals surface area contributed by atoms with E-state index in [2.05, 4.69) is 322 Å². The molecule has 4 unspecified atom stereocenters. The van der Waals surface area contributed by atoms with Crippen LogP contribution in [0.2, 0.25) is 0 Å². The number of rotatable bonds is 15. The van der Waals surface area contributed by atoms with Gasteiger partial charge in [-0.05, 0) is 114 Å². The van der Waals surface area contributed by atoms with Crippen molar-refractivity contribution in [2.75, 3.05) is 90.0 Å². The van der Waals surface area contributed by atoms with E-state index in [9.17, 15) is 0 Å². The van der Waals surface area contributed by atoms with E-state index in [-0.39, 0.29) is 124 Å². The molecule has 0 fully saturated rings. The topological polar surface area (TPSA) is 137 Å². The zero-order chi connectivity index (χ0) is 78.0. The Labute approximate surface area is 748 Å². The van der Waals surface area contributed by atoms with Crippen molar-refractivity contribution in [2.24, 2.45) is 16.3 Å². The minimum atomic E-state index is -1.28. The number of benzene rings is 4. The molecule has 0 bridgehead atoms. The molecule has 12 nitrogen and oxygen atoms in total. The van der Waals surface area contributed by atoms with Crippen LogP contribution in [-0.2, 0) is 101 Å². The molecule has 22 heteroatoms. The number of fused-ring (bicyclic) bond motifs is 1. The van der Waals surface area contributed by atoms with Gasteiger partial charge in [0.25, 0.3) is 0 Å². The van der Waals surface area contributed by atoms with Crippen molar-refractivity contribution in [1.29, 1.82) is 0 Å². The van der Waals surface area contributed by atoms with E-state index in [4.69, 9.17) is 4.99 Å². The molecule has 6 aromatic heterocycles. The second-order valence-electron chi connectivity index (χ2n) is 32.2. The van der Waals surface area contributed by atoms with Crippen LogP contribution in [0.5, 0.6) is 0 Å². The fourth-order valence-electron chi connectivity index (χ4n) is 13.7. The average molecular weight is 2490 g/mol. The summed E-state index contributed by atoms with van der Waals surface area (Å²) < 4.78 is 0. The molecule has 3 aliphatic heterocycles. The van der Waals surface area contributed by atoms with E-state index in [0.717, 1.165) is 56.8 Å². The van der Waals surface area contributed by atoms with Gasteiger partial charge < -0.3 is 35.8 Å². The molecule has 4 aliphatic rings. The molecule has 0 N–H and O–H groups in total. The molecule has 14 rings (SSSR count). The Morgan fingerprint density at radius 3 is 1.39 bits per heavy atom. The summed E-state index contributed by atoms with van der Waals surface area (Å²) in [5, 5.41) is 10.9. The Bertz CT molecular complexity index is 4590. The summed E-state index contributed by atoms with van der Waals surface area (Å²) in [6.07, 6.45) is 31.4. The van der Waals surface area contributed by atoms with Gasteiger partial charge in [-0.2, -0.15) is 0 Å². The zero-order valence-electron chi connectivity index (χ0n) is 69.1. The molecule has 9 heterocycles. The van der Waals surface area contributed by atoms with Gasteiger partial charge in [-0.15, -0.1) is 102 Å². The molecule has 4 atom stereocenters. The Morgan fingerprint density at radius 1 is 0.398 bits per heavy atom. The van der Waals surface area contributed by atoms with Crippen molar-refractivity contribution in [3.05, 3.63) is 303 Å². The van der Waals surface area contributed by atoms with Crippen molar-refractivity contribution in [3.63, 3.8) is 0 Å². The van der Waals surface area contributed by atoms with Gasteiger partial charge in [-0.1, -0.05) is 111 Å². The van der Waals surface area contributed by atoms with Gasteiger partial charge in [0.2, 0.25) is 0 Å². The first-order chi connectivity index (χ1) is 51.2. The van der Waals surface area contributed by atoms with Gasteiger partial charge in [-0.3, -0.25) is 15.0 Å². The van der Waals surface area contributed by atoms with Crippen LogP contribution in [0.4, 0.5) is 11.6 Å². The molecule has 0 saturated heterocycles. The summed E-state index contributed by atoms with van der Waals surface area (Å²) in [5.41, 5.74) is 20.7. The monoisotopic (exact) mass is 2490 g/mol. The summed E-state index contributed by atoms with van der Waals surface area (Å²) in [7, 11) is -5.21. The molecular weight excluding hydrogens is 2380 g/mol. The molecule has 1 aliphatic carbocycles. The summed E-state index contributed by atoms with van der Waals surface area (Å²) in [6, 6.07) is 66.4. The SMILES string of the molecule is CC(C)[P+](c1cc[c-]c(-c2cnccn2)c1)(C(C)C)C(C)C.CC1(C)C(c2cc([P+](C)(C)C)ccn2)=NC2C=CC=CC21.CC1C=CN(c2cc([P+](C)(C)C)ccn2)[N-]1.C[P+](C)(C)c1cc[c-]c(-c2ccccn2)c1.C[P+](C)(C)c1ccc(C2C=CN(c3ccccn3)[N-]2)cc1.[Ir].[Ir].[Ir].[Ir].[Ir].[c-]1ccccc1-c1ccccn1. The Morgan fingerprint density at radius 2 is 0.876 bits per heavy atom. The predicted octanol–water partition coefficient (Wildman–Crippen LogP) is 20.6. The van der Waals surface area contributed by atoms with Crippen LogP contribution < -0.4 is 36.5 Å². The maximum atomic E-state index is 4.98. The first-order valence-corrected chi connectivity index (χ1v) is 51.8. The normalized spacial score (nSPS) is 16.3. The van der Waals surface area contributed by atoms with Crippen LogP contribution in [-0.4, -0.2) is 150 Å². The van der Waals surface area contributed by atoms with Gasteiger partial charge in [0.15, 0.2) is 0 Å². The van der Waals surface area contributed by atoms with Crippen LogP contribution >= 0.6 is 36.3 Å². The first kappa shape index (κ1) is 101. The molecule has 113 heavy (non-hydrogen) atoms. The molecule has 607 valence electrons. The maximum Gasteiger partial charge on any atom is 0.119 e. The van der Waals surface area contributed by atoms with Crippen LogP contribution in [0.15, 0.2) is 267 Å². The predicted molar refractivity (Wildman–Crippen MR) is 480 cm³/mol. The van der Waals surface area contributed by atoms with Gasteiger partial charge in [0, 0.05) is 226 Å². The molecular formula is C91H113Ir5N12P5. The second kappa shape index (κ2) is 46.0. The van der Waals surface area contributed by atoms with Crippen molar-refractivity contribution >= 4 is 80.2 Å². The van der Waals surface area contributed by atoms with Gasteiger partial charge in [-0.25, -0.2) is 9.97 Å². The number of hydrogen-bond donors (Lipinski definition) is 0. The number of hydrogen-bond acceptors (Lipinski definition) is 10. The van der Waals surface area contributed by atoms with E-state index >= 15 is 0 Å². The van der Waals surface area contributed by atoms with Crippen molar-refractivity contribution < 1.29 is 101 Å². The smallest absolute Gasteiger partial charge is 0.119 e. The number of allylic oxidation sites excluding steroid dienone is 2. The molecule has 0 spiro atoms. The quantitative estimate of drug-likeness (QED) is 0.0725. The fourth-order valence-corrected chi connectivity index (χ4v) is 23.8. The summed E-state index contributed by atoms with van der Waals surface area (Å²) in [6.45, 7) is 48.9. The average Bonchev–Trinajstić information content (AvgIpc) is 1.11. The minimum absolute atomic E-state index is 0. The number of pyridine rings is 5. The molecule has 4 aromatic carbocycles. The third kappa shape index (κ3) is 27.9. The van der Waals surface area contributed by atoms with E-state index < -0.39 is 36.3 Å². The van der Waals surface area contributed by atoms with Gasteiger partial charge in [0.1, 0.15) is 11.6 Å². The van der Waals surface area contributed by atoms with Crippen LogP contribution in [0.3, 0.4) is 0 Å². The second-order valence-corrected chi connectivity index (χ2v) is 55.7. The Hall–Kier alpha value is -4.74. The number of aromatic nitrogens is 7. The number of aliphatic imine (C=N–C) groups is 1. The fraction of sp³-hybridized carbons (Fsp3) is 0.319. The van der Waals surface area contributed by atoms with Crippen molar-refractivity contribution in [3.8, 4) is 33.8 Å².